The van der Waals surface area contributed by atoms with E-state index in [0.29, 0.717) is 13.0 Å². The van der Waals surface area contributed by atoms with E-state index in [1.165, 1.54) is 4.88 Å². The molecule has 72 valence electrons. The molecule has 0 spiro atoms. The molecule has 1 aliphatic rings. The number of piperidine rings is 1. The molecule has 1 saturated heterocycles. The Balaban J connectivity index is 2.22. The summed E-state index contributed by atoms with van der Waals surface area (Å²) in [4.78, 5) is 1.19. The van der Waals surface area contributed by atoms with Crippen molar-refractivity contribution in [1.82, 2.24) is 5.32 Å². The molecule has 0 aromatic carbocycles. The number of hydrogen-bond acceptors (Lipinski definition) is 2. The third kappa shape index (κ3) is 1.76. The number of halogens is 1. The van der Waals surface area contributed by atoms with Crippen molar-refractivity contribution in [2.75, 3.05) is 13.1 Å². The van der Waals surface area contributed by atoms with Gasteiger partial charge in [0.05, 0.1) is 0 Å². The number of rotatable bonds is 1. The van der Waals surface area contributed by atoms with Crippen LogP contribution in [0.3, 0.4) is 0 Å². The maximum atomic E-state index is 14.3. The summed E-state index contributed by atoms with van der Waals surface area (Å²) >= 11 is 1.63. The Kier molecular flexibility index (Phi) is 2.39. The normalized spacial score (nSPS) is 29.1. The van der Waals surface area contributed by atoms with Crippen molar-refractivity contribution in [3.8, 4) is 0 Å². The molecule has 1 fully saturated rings. The van der Waals surface area contributed by atoms with Crippen LogP contribution in [-0.2, 0) is 5.67 Å². The lowest BCUT2D eigenvalue weighted by Gasteiger charge is -2.29. The van der Waals surface area contributed by atoms with E-state index in [4.69, 9.17) is 0 Å². The third-order valence-electron chi connectivity index (χ3n) is 2.58. The van der Waals surface area contributed by atoms with Gasteiger partial charge < -0.3 is 5.32 Å². The molecule has 0 bridgehead atoms. The second-order valence-electron chi connectivity index (χ2n) is 3.69. The summed E-state index contributed by atoms with van der Waals surface area (Å²) in [5.74, 6) is 0. The highest BCUT2D eigenvalue weighted by Gasteiger charge is 2.34. The van der Waals surface area contributed by atoms with Gasteiger partial charge in [0.2, 0.25) is 0 Å². The van der Waals surface area contributed by atoms with Crippen molar-refractivity contribution < 1.29 is 4.39 Å². The van der Waals surface area contributed by atoms with Crippen molar-refractivity contribution >= 4 is 11.3 Å². The first kappa shape index (κ1) is 9.16. The van der Waals surface area contributed by atoms with Gasteiger partial charge in [0.15, 0.2) is 0 Å². The fraction of sp³-hybridized carbons (Fsp3) is 0.600. The lowest BCUT2D eigenvalue weighted by Crippen LogP contribution is -2.39. The van der Waals surface area contributed by atoms with Crippen molar-refractivity contribution in [3.05, 3.63) is 21.9 Å². The van der Waals surface area contributed by atoms with Crippen LogP contribution in [0.1, 0.15) is 23.3 Å². The molecule has 2 rings (SSSR count). The number of alkyl halides is 1. The molecule has 1 aromatic rings. The Hall–Kier alpha value is -0.410. The Morgan fingerprint density at radius 3 is 3.00 bits per heavy atom. The zero-order valence-electron chi connectivity index (χ0n) is 7.77. The van der Waals surface area contributed by atoms with Crippen LogP contribution in [-0.4, -0.2) is 13.1 Å². The van der Waals surface area contributed by atoms with Crippen LogP contribution >= 0.6 is 11.3 Å². The van der Waals surface area contributed by atoms with E-state index in [0.717, 1.165) is 18.5 Å². The van der Waals surface area contributed by atoms with Gasteiger partial charge in [-0.25, -0.2) is 4.39 Å². The van der Waals surface area contributed by atoms with Crippen molar-refractivity contribution in [2.24, 2.45) is 0 Å². The summed E-state index contributed by atoms with van der Waals surface area (Å²) in [6.07, 6.45) is 1.60. The smallest absolute Gasteiger partial charge is 0.149 e. The molecule has 1 nitrogen and oxygen atoms in total. The monoisotopic (exact) mass is 199 g/mol. The number of thiophene rings is 1. The van der Waals surface area contributed by atoms with Gasteiger partial charge in [-0.2, -0.15) is 0 Å². The van der Waals surface area contributed by atoms with E-state index in [1.807, 2.05) is 18.4 Å². The quantitative estimate of drug-likeness (QED) is 0.733. The lowest BCUT2D eigenvalue weighted by atomic mass is 9.90. The van der Waals surface area contributed by atoms with E-state index >= 15 is 0 Å². The minimum atomic E-state index is -1.11. The highest BCUT2D eigenvalue weighted by Crippen LogP contribution is 2.34. The van der Waals surface area contributed by atoms with Crippen molar-refractivity contribution in [3.63, 3.8) is 0 Å². The molecule has 0 aliphatic carbocycles. The van der Waals surface area contributed by atoms with E-state index in [2.05, 4.69) is 5.32 Å². The van der Waals surface area contributed by atoms with Crippen LogP contribution in [0.25, 0.3) is 0 Å². The third-order valence-corrected chi connectivity index (χ3v) is 3.44. The van der Waals surface area contributed by atoms with Crippen LogP contribution in [0, 0.1) is 6.92 Å². The van der Waals surface area contributed by atoms with Crippen LogP contribution in [0.2, 0.25) is 0 Å². The molecule has 1 aliphatic heterocycles. The van der Waals surface area contributed by atoms with Gasteiger partial charge in [-0.15, -0.1) is 11.3 Å². The van der Waals surface area contributed by atoms with Gasteiger partial charge in [-0.1, -0.05) is 0 Å². The van der Waals surface area contributed by atoms with Gasteiger partial charge >= 0.3 is 0 Å². The topological polar surface area (TPSA) is 12.0 Å². The lowest BCUT2D eigenvalue weighted by molar-refractivity contribution is 0.122. The molecule has 1 atom stereocenters. The van der Waals surface area contributed by atoms with Crippen LogP contribution in [0.4, 0.5) is 4.39 Å². The summed E-state index contributed by atoms with van der Waals surface area (Å²) in [5, 5.41) is 5.06. The summed E-state index contributed by atoms with van der Waals surface area (Å²) in [7, 11) is 0. The van der Waals surface area contributed by atoms with Gasteiger partial charge in [0.25, 0.3) is 0 Å². The summed E-state index contributed by atoms with van der Waals surface area (Å²) in [5.41, 5.74) is -0.245. The number of hydrogen-bond donors (Lipinski definition) is 1. The van der Waals surface area contributed by atoms with Gasteiger partial charge in [0.1, 0.15) is 5.67 Å². The standard InChI is InChI=1S/C10H14FNS/c1-8-5-9(6-13-8)10(11)3-2-4-12-7-10/h5-6,12H,2-4,7H2,1H3. The first-order chi connectivity index (χ1) is 6.21. The van der Waals surface area contributed by atoms with Gasteiger partial charge in [0, 0.05) is 17.0 Å². The van der Waals surface area contributed by atoms with Crippen LogP contribution in [0.15, 0.2) is 11.4 Å². The second-order valence-corrected chi connectivity index (χ2v) is 4.81. The van der Waals surface area contributed by atoms with E-state index < -0.39 is 5.67 Å². The first-order valence-corrected chi connectivity index (χ1v) is 5.54. The van der Waals surface area contributed by atoms with Crippen LogP contribution < -0.4 is 5.32 Å². The minimum absolute atomic E-state index is 0.475. The summed E-state index contributed by atoms with van der Waals surface area (Å²) < 4.78 is 14.3. The predicted molar refractivity (Wildman–Crippen MR) is 53.9 cm³/mol. The average Bonchev–Trinajstić information content (AvgIpc) is 2.54. The molecule has 13 heavy (non-hydrogen) atoms. The molecule has 0 amide bonds. The molecule has 1 N–H and O–H groups in total. The molecule has 3 heteroatoms. The largest absolute Gasteiger partial charge is 0.313 e. The maximum Gasteiger partial charge on any atom is 0.149 e. The molecule has 0 saturated carbocycles. The number of nitrogens with one attached hydrogen (secondary N) is 1. The molecular formula is C10H14FNS. The van der Waals surface area contributed by atoms with Crippen molar-refractivity contribution in [1.29, 1.82) is 0 Å². The van der Waals surface area contributed by atoms with E-state index in [-0.39, 0.29) is 0 Å². The number of aryl methyl sites for hydroxylation is 1. The molecule has 1 unspecified atom stereocenters. The predicted octanol–water partition coefficient (Wildman–Crippen LogP) is 2.60. The highest BCUT2D eigenvalue weighted by molar-refractivity contribution is 7.10. The zero-order valence-corrected chi connectivity index (χ0v) is 8.59. The second kappa shape index (κ2) is 3.39. The van der Waals surface area contributed by atoms with Gasteiger partial charge in [-0.3, -0.25) is 0 Å². The Labute approximate surface area is 82.0 Å². The summed E-state index contributed by atoms with van der Waals surface area (Å²) in [6, 6.07) is 1.97. The highest BCUT2D eigenvalue weighted by atomic mass is 32.1. The first-order valence-electron chi connectivity index (χ1n) is 4.66. The molecule has 1 aromatic heterocycles. The fourth-order valence-corrected chi connectivity index (χ4v) is 2.58. The fourth-order valence-electron chi connectivity index (χ4n) is 1.79. The zero-order chi connectivity index (χ0) is 9.31. The molecular weight excluding hydrogens is 185 g/mol. The SMILES string of the molecule is Cc1cc(C2(F)CCCNC2)cs1. The van der Waals surface area contributed by atoms with Crippen LogP contribution in [0.5, 0.6) is 0 Å². The molecule has 0 radical (unpaired) electrons. The minimum Gasteiger partial charge on any atom is -0.313 e. The average molecular weight is 199 g/mol. The summed E-state index contributed by atoms with van der Waals surface area (Å²) in [6.45, 7) is 3.45. The molecule has 2 heterocycles. The Morgan fingerprint density at radius 1 is 1.62 bits per heavy atom. The van der Waals surface area contributed by atoms with E-state index in [1.54, 1.807) is 11.3 Å². The van der Waals surface area contributed by atoms with Gasteiger partial charge in [-0.05, 0) is 37.8 Å². The van der Waals surface area contributed by atoms with Crippen molar-refractivity contribution in [2.45, 2.75) is 25.4 Å². The van der Waals surface area contributed by atoms with E-state index in [9.17, 15) is 4.39 Å². The Morgan fingerprint density at radius 2 is 2.46 bits per heavy atom. The maximum absolute atomic E-state index is 14.3. The Bertz CT molecular complexity index is 289.